The van der Waals surface area contributed by atoms with Crippen LogP contribution in [0.1, 0.15) is 19.4 Å². The molecule has 0 unspecified atom stereocenters. The molecule has 2 rings (SSSR count). The molecule has 6 nitrogen and oxygen atoms in total. The molecule has 2 aromatic rings. The van der Waals surface area contributed by atoms with E-state index in [1.165, 1.54) is 13.0 Å². The summed E-state index contributed by atoms with van der Waals surface area (Å²) in [5.41, 5.74) is 0.882. The van der Waals surface area contributed by atoms with Crippen molar-refractivity contribution in [3.63, 3.8) is 0 Å². The minimum absolute atomic E-state index is 0.423. The third kappa shape index (κ3) is 5.36. The zero-order chi connectivity index (χ0) is 18.2. The van der Waals surface area contributed by atoms with Crippen molar-refractivity contribution in [1.82, 2.24) is 0 Å². The molecule has 2 atom stereocenters. The van der Waals surface area contributed by atoms with Crippen molar-refractivity contribution in [3.8, 4) is 11.8 Å². The molecule has 6 heteroatoms. The Bertz CT molecular complexity index is 784. The lowest BCUT2D eigenvalue weighted by atomic mass is 10.2. The van der Waals surface area contributed by atoms with Crippen LogP contribution < -0.4 is 10.1 Å². The van der Waals surface area contributed by atoms with Gasteiger partial charge in [-0.05, 0) is 44.2 Å². The molecule has 25 heavy (non-hydrogen) atoms. The summed E-state index contributed by atoms with van der Waals surface area (Å²) in [5.74, 6) is -0.593. The number of nitrogens with one attached hydrogen (secondary N) is 1. The number of amides is 1. The molecule has 1 amide bonds. The number of esters is 1. The van der Waals surface area contributed by atoms with E-state index in [9.17, 15) is 9.59 Å². The quantitative estimate of drug-likeness (QED) is 0.818. The Morgan fingerprint density at radius 3 is 2.44 bits per heavy atom. The van der Waals surface area contributed by atoms with Crippen molar-refractivity contribution in [1.29, 1.82) is 5.26 Å². The van der Waals surface area contributed by atoms with Crippen molar-refractivity contribution in [2.45, 2.75) is 26.1 Å². The molecule has 0 saturated heterocycles. The Hall–Kier alpha value is -3.33. The van der Waals surface area contributed by atoms with Crippen molar-refractivity contribution in [2.24, 2.45) is 0 Å². The van der Waals surface area contributed by atoms with Crippen LogP contribution in [0.5, 0.6) is 5.75 Å². The van der Waals surface area contributed by atoms with E-state index in [0.717, 1.165) is 0 Å². The third-order valence-corrected chi connectivity index (χ3v) is 3.31. The highest BCUT2D eigenvalue weighted by atomic mass is 16.6. The first-order valence-electron chi connectivity index (χ1n) is 7.73. The summed E-state index contributed by atoms with van der Waals surface area (Å²) >= 11 is 0. The average Bonchev–Trinajstić information content (AvgIpc) is 2.62. The molecule has 0 fully saturated rings. The van der Waals surface area contributed by atoms with Gasteiger partial charge in [0.15, 0.2) is 12.2 Å². The standard InChI is InChI=1S/C19H18N2O4/c1-13(18(22)21-16-8-6-7-15(11-16)12-20)25-19(23)14(2)24-17-9-4-3-5-10-17/h3-11,13-14H,1-2H3,(H,21,22)/t13-,14-/m0/s1. The average molecular weight is 338 g/mol. The van der Waals surface area contributed by atoms with Gasteiger partial charge < -0.3 is 14.8 Å². The van der Waals surface area contributed by atoms with Crippen LogP contribution in [-0.2, 0) is 14.3 Å². The molecular formula is C19H18N2O4. The summed E-state index contributed by atoms with van der Waals surface area (Å²) in [5, 5.41) is 11.5. The molecule has 0 aliphatic heterocycles. The van der Waals surface area contributed by atoms with Gasteiger partial charge in [-0.1, -0.05) is 24.3 Å². The molecule has 1 N–H and O–H groups in total. The lowest BCUT2D eigenvalue weighted by molar-refractivity contribution is -0.159. The number of carbonyl (C=O) groups is 2. The van der Waals surface area contributed by atoms with Crippen LogP contribution in [0.15, 0.2) is 54.6 Å². The molecule has 2 aromatic carbocycles. The fourth-order valence-electron chi connectivity index (χ4n) is 1.99. The van der Waals surface area contributed by atoms with Gasteiger partial charge in [-0.25, -0.2) is 4.79 Å². The summed E-state index contributed by atoms with van der Waals surface area (Å²) in [6, 6.07) is 17.3. The van der Waals surface area contributed by atoms with E-state index in [-0.39, 0.29) is 0 Å². The second-order valence-electron chi connectivity index (χ2n) is 5.33. The van der Waals surface area contributed by atoms with E-state index in [2.05, 4.69) is 5.32 Å². The molecule has 0 saturated carbocycles. The number of nitrogens with zero attached hydrogens (tertiary/aromatic N) is 1. The van der Waals surface area contributed by atoms with E-state index in [1.807, 2.05) is 12.1 Å². The fraction of sp³-hybridized carbons (Fsp3) is 0.211. The number of para-hydroxylation sites is 1. The summed E-state index contributed by atoms with van der Waals surface area (Å²) < 4.78 is 10.6. The number of ether oxygens (including phenoxy) is 2. The van der Waals surface area contributed by atoms with Gasteiger partial charge in [-0.15, -0.1) is 0 Å². The number of hydrogen-bond acceptors (Lipinski definition) is 5. The fourth-order valence-corrected chi connectivity index (χ4v) is 1.99. The molecule has 0 radical (unpaired) electrons. The highest BCUT2D eigenvalue weighted by molar-refractivity contribution is 5.95. The lowest BCUT2D eigenvalue weighted by Gasteiger charge is -2.17. The monoisotopic (exact) mass is 338 g/mol. The highest BCUT2D eigenvalue weighted by Gasteiger charge is 2.23. The maximum atomic E-state index is 12.1. The van der Waals surface area contributed by atoms with E-state index >= 15 is 0 Å². The van der Waals surface area contributed by atoms with Crippen LogP contribution in [0.25, 0.3) is 0 Å². The SMILES string of the molecule is C[C@H](OC(=O)[C@H](C)Oc1ccccc1)C(=O)Nc1cccc(C#N)c1. The van der Waals surface area contributed by atoms with Crippen LogP contribution >= 0.6 is 0 Å². The van der Waals surface area contributed by atoms with Crippen LogP contribution in [0.2, 0.25) is 0 Å². The van der Waals surface area contributed by atoms with Crippen molar-refractivity contribution in [2.75, 3.05) is 5.32 Å². The van der Waals surface area contributed by atoms with Gasteiger partial charge in [0.1, 0.15) is 5.75 Å². The molecule has 0 aliphatic rings. The topological polar surface area (TPSA) is 88.4 Å². The Kier molecular flexibility index (Phi) is 6.13. The van der Waals surface area contributed by atoms with Crippen LogP contribution in [0, 0.1) is 11.3 Å². The van der Waals surface area contributed by atoms with Crippen molar-refractivity contribution in [3.05, 3.63) is 60.2 Å². The predicted octanol–water partition coefficient (Wildman–Crippen LogP) is 2.90. The second kappa shape index (κ2) is 8.50. The number of carbonyl (C=O) groups excluding carboxylic acids is 2. The Morgan fingerprint density at radius 1 is 1.04 bits per heavy atom. The van der Waals surface area contributed by atoms with E-state index < -0.39 is 24.1 Å². The van der Waals surface area contributed by atoms with Gasteiger partial charge >= 0.3 is 5.97 Å². The normalized spacial score (nSPS) is 12.4. The number of anilines is 1. The van der Waals surface area contributed by atoms with Gasteiger partial charge in [0, 0.05) is 5.69 Å². The molecule has 0 heterocycles. The summed E-state index contributed by atoms with van der Waals surface area (Å²) in [7, 11) is 0. The minimum atomic E-state index is -1.000. The Balaban J connectivity index is 1.89. The summed E-state index contributed by atoms with van der Waals surface area (Å²) in [4.78, 5) is 24.2. The summed E-state index contributed by atoms with van der Waals surface area (Å²) in [6.07, 6.45) is -1.85. The van der Waals surface area contributed by atoms with E-state index in [4.69, 9.17) is 14.7 Å². The molecule has 0 aromatic heterocycles. The van der Waals surface area contributed by atoms with Gasteiger partial charge in [0.2, 0.25) is 0 Å². The van der Waals surface area contributed by atoms with Crippen LogP contribution in [-0.4, -0.2) is 24.1 Å². The first kappa shape index (κ1) is 18.0. The first-order valence-corrected chi connectivity index (χ1v) is 7.73. The molecule has 0 spiro atoms. The van der Waals surface area contributed by atoms with Gasteiger partial charge in [0.25, 0.3) is 5.91 Å². The molecule has 0 bridgehead atoms. The van der Waals surface area contributed by atoms with E-state index in [1.54, 1.807) is 49.4 Å². The molecule has 128 valence electrons. The number of nitriles is 1. The smallest absolute Gasteiger partial charge is 0.347 e. The first-order chi connectivity index (χ1) is 12.0. The maximum Gasteiger partial charge on any atom is 0.347 e. The molecular weight excluding hydrogens is 320 g/mol. The van der Waals surface area contributed by atoms with Crippen molar-refractivity contribution >= 4 is 17.6 Å². The number of benzene rings is 2. The molecule has 0 aliphatic carbocycles. The summed E-state index contributed by atoms with van der Waals surface area (Å²) in [6.45, 7) is 3.02. The second-order valence-corrected chi connectivity index (χ2v) is 5.33. The van der Waals surface area contributed by atoms with Crippen molar-refractivity contribution < 1.29 is 19.1 Å². The van der Waals surface area contributed by atoms with Gasteiger partial charge in [0.05, 0.1) is 11.6 Å². The zero-order valence-corrected chi connectivity index (χ0v) is 13.9. The largest absolute Gasteiger partial charge is 0.479 e. The van der Waals surface area contributed by atoms with Gasteiger partial charge in [-0.2, -0.15) is 5.26 Å². The third-order valence-electron chi connectivity index (χ3n) is 3.31. The predicted molar refractivity (Wildman–Crippen MR) is 91.9 cm³/mol. The maximum absolute atomic E-state index is 12.1. The lowest BCUT2D eigenvalue weighted by Crippen LogP contribution is -2.35. The van der Waals surface area contributed by atoms with E-state index in [0.29, 0.717) is 17.0 Å². The minimum Gasteiger partial charge on any atom is -0.479 e. The highest BCUT2D eigenvalue weighted by Crippen LogP contribution is 2.13. The Morgan fingerprint density at radius 2 is 1.76 bits per heavy atom. The number of hydrogen-bond donors (Lipinski definition) is 1. The number of rotatable bonds is 6. The van der Waals surface area contributed by atoms with Crippen LogP contribution in [0.3, 0.4) is 0 Å². The van der Waals surface area contributed by atoms with Crippen LogP contribution in [0.4, 0.5) is 5.69 Å². The van der Waals surface area contributed by atoms with Gasteiger partial charge in [-0.3, -0.25) is 4.79 Å². The Labute approximate surface area is 146 Å². The zero-order valence-electron chi connectivity index (χ0n) is 13.9.